The van der Waals surface area contributed by atoms with Gasteiger partial charge in [0.1, 0.15) is 5.58 Å². The molecule has 1 aliphatic carbocycles. The topological polar surface area (TPSA) is 18.1 Å². The zero-order valence-electron chi connectivity index (χ0n) is 19.2. The van der Waals surface area contributed by atoms with E-state index in [-0.39, 0.29) is 0 Å². The van der Waals surface area contributed by atoms with Crippen LogP contribution in [0, 0.1) is 0 Å². The van der Waals surface area contributed by atoms with Gasteiger partial charge in [0.15, 0.2) is 5.58 Å². The number of rotatable bonds is 2. The average molecular weight is 470 g/mol. The van der Waals surface area contributed by atoms with Crippen LogP contribution in [0.15, 0.2) is 107 Å². The third kappa shape index (κ3) is 2.79. The van der Waals surface area contributed by atoms with E-state index in [0.717, 1.165) is 36.1 Å². The highest BCUT2D eigenvalue weighted by atomic mass is 32.2. The minimum Gasteiger partial charge on any atom is -0.454 e. The van der Waals surface area contributed by atoms with Gasteiger partial charge in [-0.05, 0) is 43.0 Å². The molecule has 0 radical (unpaired) electrons. The summed E-state index contributed by atoms with van der Waals surface area (Å²) < 4.78 is 8.95. The van der Waals surface area contributed by atoms with Gasteiger partial charge in [0, 0.05) is 37.6 Å². The quantitative estimate of drug-likeness (QED) is 0.252. The van der Waals surface area contributed by atoms with Crippen molar-refractivity contribution < 1.29 is 4.42 Å². The lowest BCUT2D eigenvalue weighted by Crippen LogP contribution is -2.06. The summed E-state index contributed by atoms with van der Waals surface area (Å²) >= 11 is 2.06. The third-order valence-electron chi connectivity index (χ3n) is 7.67. The molecular weight excluding hydrogens is 446 g/mol. The Morgan fingerprint density at radius 3 is 2.40 bits per heavy atom. The monoisotopic (exact) mass is 469 g/mol. The molecule has 0 N–H and O–H groups in total. The molecule has 1 aliphatic heterocycles. The molecule has 168 valence electrons. The first-order valence-electron chi connectivity index (χ1n) is 12.3. The van der Waals surface area contributed by atoms with Gasteiger partial charge < -0.3 is 8.98 Å². The second-order valence-electron chi connectivity index (χ2n) is 9.58. The lowest BCUT2D eigenvalue weighted by Gasteiger charge is -2.18. The highest BCUT2D eigenvalue weighted by Crippen LogP contribution is 2.57. The molecular formula is C32H23NOS. The summed E-state index contributed by atoms with van der Waals surface area (Å²) in [5, 5.41) is 4.22. The molecule has 6 aromatic rings. The molecule has 1 unspecified atom stereocenters. The highest BCUT2D eigenvalue weighted by Gasteiger charge is 2.34. The fourth-order valence-corrected chi connectivity index (χ4v) is 7.68. The third-order valence-corrected chi connectivity index (χ3v) is 9.12. The summed E-state index contributed by atoms with van der Waals surface area (Å²) in [7, 11) is 0. The summed E-state index contributed by atoms with van der Waals surface area (Å²) in [5.74, 6) is 0. The molecule has 0 spiro atoms. The zero-order chi connectivity index (χ0) is 22.9. The molecule has 2 aliphatic rings. The summed E-state index contributed by atoms with van der Waals surface area (Å²) in [4.78, 5) is 1.51. The van der Waals surface area contributed by atoms with E-state index in [1.165, 1.54) is 43.4 Å². The van der Waals surface area contributed by atoms with Crippen LogP contribution in [0.3, 0.4) is 0 Å². The normalized spacial score (nSPS) is 17.4. The van der Waals surface area contributed by atoms with Gasteiger partial charge in [-0.25, -0.2) is 0 Å². The van der Waals surface area contributed by atoms with Crippen molar-refractivity contribution in [1.29, 1.82) is 0 Å². The SMILES string of the molecule is c1ccc(C2CC3=C(S2)c2c(n(-c4cccc5c4oc4ccccc45)c4ccccc24)CC3)cc1. The summed E-state index contributed by atoms with van der Waals surface area (Å²) in [5.41, 5.74) is 10.2. The van der Waals surface area contributed by atoms with Crippen molar-refractivity contribution >= 4 is 49.5 Å². The van der Waals surface area contributed by atoms with Gasteiger partial charge in [-0.1, -0.05) is 84.4 Å². The molecule has 0 bridgehead atoms. The van der Waals surface area contributed by atoms with E-state index in [2.05, 4.69) is 107 Å². The summed E-state index contributed by atoms with van der Waals surface area (Å²) in [6.07, 6.45) is 3.34. The first-order valence-corrected chi connectivity index (χ1v) is 13.2. The number of para-hydroxylation sites is 3. The van der Waals surface area contributed by atoms with Crippen molar-refractivity contribution in [3.8, 4) is 5.69 Å². The van der Waals surface area contributed by atoms with Crippen molar-refractivity contribution in [2.75, 3.05) is 0 Å². The van der Waals surface area contributed by atoms with Crippen LogP contribution in [0.5, 0.6) is 0 Å². The van der Waals surface area contributed by atoms with Crippen LogP contribution in [0.25, 0.3) is 43.4 Å². The minimum atomic E-state index is 0.507. The summed E-state index contributed by atoms with van der Waals surface area (Å²) in [6, 6.07) is 34.8. The molecule has 4 aromatic carbocycles. The van der Waals surface area contributed by atoms with Crippen LogP contribution < -0.4 is 0 Å². The van der Waals surface area contributed by atoms with E-state index in [4.69, 9.17) is 4.42 Å². The number of allylic oxidation sites excluding steroid dienone is 1. The predicted molar refractivity (Wildman–Crippen MR) is 147 cm³/mol. The van der Waals surface area contributed by atoms with Gasteiger partial charge in [-0.15, -0.1) is 11.8 Å². The van der Waals surface area contributed by atoms with E-state index in [1.54, 1.807) is 5.57 Å². The number of hydrogen-bond acceptors (Lipinski definition) is 2. The molecule has 8 rings (SSSR count). The lowest BCUT2D eigenvalue weighted by atomic mass is 9.92. The zero-order valence-corrected chi connectivity index (χ0v) is 20.0. The van der Waals surface area contributed by atoms with E-state index >= 15 is 0 Å². The van der Waals surface area contributed by atoms with Crippen LogP contribution in [0.1, 0.15) is 34.9 Å². The van der Waals surface area contributed by atoms with Gasteiger partial charge in [0.05, 0.1) is 11.2 Å². The highest BCUT2D eigenvalue weighted by molar-refractivity contribution is 8.08. The smallest absolute Gasteiger partial charge is 0.159 e. The van der Waals surface area contributed by atoms with Crippen LogP contribution in [-0.2, 0) is 6.42 Å². The molecule has 0 amide bonds. The Labute approximate surface area is 207 Å². The van der Waals surface area contributed by atoms with Crippen LogP contribution >= 0.6 is 11.8 Å². The lowest BCUT2D eigenvalue weighted by molar-refractivity contribution is 0.664. The second-order valence-corrected chi connectivity index (χ2v) is 10.8. The fourth-order valence-electron chi connectivity index (χ4n) is 6.12. The molecule has 3 heteroatoms. The Balaban J connectivity index is 1.37. The predicted octanol–water partition coefficient (Wildman–Crippen LogP) is 9.07. The van der Waals surface area contributed by atoms with Gasteiger partial charge in [0.25, 0.3) is 0 Å². The van der Waals surface area contributed by atoms with Crippen molar-refractivity contribution in [3.63, 3.8) is 0 Å². The maximum Gasteiger partial charge on any atom is 0.159 e. The Morgan fingerprint density at radius 2 is 1.49 bits per heavy atom. The minimum absolute atomic E-state index is 0.507. The van der Waals surface area contributed by atoms with Gasteiger partial charge in [-0.3, -0.25) is 0 Å². The number of nitrogens with zero attached hydrogens (tertiary/aromatic N) is 1. The molecule has 1 atom stereocenters. The number of hydrogen-bond donors (Lipinski definition) is 0. The van der Waals surface area contributed by atoms with Crippen molar-refractivity contribution in [2.24, 2.45) is 0 Å². The van der Waals surface area contributed by atoms with E-state index in [1.807, 2.05) is 6.07 Å². The van der Waals surface area contributed by atoms with Crippen LogP contribution in [-0.4, -0.2) is 4.57 Å². The van der Waals surface area contributed by atoms with Crippen molar-refractivity contribution in [3.05, 3.63) is 119 Å². The first-order chi connectivity index (χ1) is 17.4. The van der Waals surface area contributed by atoms with Crippen molar-refractivity contribution in [1.82, 2.24) is 4.57 Å². The number of furan rings is 1. The molecule has 35 heavy (non-hydrogen) atoms. The first kappa shape index (κ1) is 19.6. The molecule has 2 nitrogen and oxygen atoms in total. The largest absolute Gasteiger partial charge is 0.454 e. The molecule has 3 heterocycles. The van der Waals surface area contributed by atoms with Crippen LogP contribution in [0.4, 0.5) is 0 Å². The molecule has 0 saturated heterocycles. The maximum atomic E-state index is 6.47. The standard InChI is InChI=1S/C32H23NOS/c1-2-9-20(10-3-1)29-19-21-17-18-26-30(32(21)35-29)24-12-4-6-14-25(24)33(26)27-15-8-13-23-22-11-5-7-16-28(22)34-31(23)27/h1-16,29H,17-19H2. The van der Waals surface area contributed by atoms with E-state index in [9.17, 15) is 0 Å². The Hall–Kier alpha value is -3.69. The molecule has 0 fully saturated rings. The van der Waals surface area contributed by atoms with Crippen molar-refractivity contribution in [2.45, 2.75) is 24.5 Å². The number of thioether (sulfide) groups is 1. The number of benzene rings is 4. The molecule has 2 aromatic heterocycles. The molecule has 0 saturated carbocycles. The fraction of sp³-hybridized carbons (Fsp3) is 0.125. The van der Waals surface area contributed by atoms with Gasteiger partial charge in [0.2, 0.25) is 0 Å². The summed E-state index contributed by atoms with van der Waals surface area (Å²) in [6.45, 7) is 0. The van der Waals surface area contributed by atoms with Gasteiger partial charge >= 0.3 is 0 Å². The Bertz CT molecular complexity index is 1800. The second kappa shape index (κ2) is 7.40. The number of fused-ring (bicyclic) bond motifs is 7. The van der Waals surface area contributed by atoms with E-state index in [0.29, 0.717) is 5.25 Å². The Kier molecular flexibility index (Phi) is 4.14. The van der Waals surface area contributed by atoms with Gasteiger partial charge in [-0.2, -0.15) is 0 Å². The number of aromatic nitrogens is 1. The van der Waals surface area contributed by atoms with Crippen LogP contribution in [0.2, 0.25) is 0 Å². The average Bonchev–Trinajstić information content (AvgIpc) is 3.60. The van der Waals surface area contributed by atoms with E-state index < -0.39 is 0 Å². The maximum absolute atomic E-state index is 6.47. The Morgan fingerprint density at radius 1 is 0.714 bits per heavy atom.